The van der Waals surface area contributed by atoms with Gasteiger partial charge in [-0.15, -0.1) is 0 Å². The van der Waals surface area contributed by atoms with Gasteiger partial charge in [-0.3, -0.25) is 0 Å². The summed E-state index contributed by atoms with van der Waals surface area (Å²) in [5.74, 6) is 1.44. The molecule has 0 aliphatic rings. The molecule has 0 bridgehead atoms. The molecule has 1 N–H and O–H groups in total. The Morgan fingerprint density at radius 2 is 1.53 bits per heavy atom. The van der Waals surface area contributed by atoms with Crippen molar-refractivity contribution in [1.29, 1.82) is 0 Å². The maximum atomic E-state index is 3.56. The zero-order valence-electron chi connectivity index (χ0n) is 13.3. The molecule has 2 atom stereocenters. The number of nitrogens with one attached hydrogen (secondary N) is 1. The van der Waals surface area contributed by atoms with E-state index in [2.05, 4.69) is 65.7 Å². The molecular formula is C15H34N2. The molecule has 0 saturated carbocycles. The quantitative estimate of drug-likeness (QED) is 0.737. The molecule has 2 unspecified atom stereocenters. The van der Waals surface area contributed by atoms with Gasteiger partial charge in [0, 0.05) is 12.6 Å². The summed E-state index contributed by atoms with van der Waals surface area (Å²) in [5.41, 5.74) is 0.383. The van der Waals surface area contributed by atoms with Crippen LogP contribution in [0.15, 0.2) is 0 Å². The maximum absolute atomic E-state index is 3.56. The molecule has 0 amide bonds. The second-order valence-corrected chi connectivity index (χ2v) is 7.25. The smallest absolute Gasteiger partial charge is 0.0102 e. The molecule has 0 spiro atoms. The zero-order chi connectivity index (χ0) is 13.6. The highest BCUT2D eigenvalue weighted by atomic mass is 15.1. The Morgan fingerprint density at radius 3 is 1.94 bits per heavy atom. The third-order valence-corrected chi connectivity index (χ3v) is 3.26. The fourth-order valence-electron chi connectivity index (χ4n) is 2.10. The minimum absolute atomic E-state index is 0.383. The van der Waals surface area contributed by atoms with Crippen molar-refractivity contribution >= 4 is 0 Å². The lowest BCUT2D eigenvalue weighted by Gasteiger charge is -2.34. The second-order valence-electron chi connectivity index (χ2n) is 7.25. The van der Waals surface area contributed by atoms with Crippen LogP contribution in [0, 0.1) is 17.3 Å². The van der Waals surface area contributed by atoms with Crippen LogP contribution < -0.4 is 5.32 Å². The summed E-state index contributed by atoms with van der Waals surface area (Å²) in [4.78, 5) is 2.49. The lowest BCUT2D eigenvalue weighted by atomic mass is 9.93. The topological polar surface area (TPSA) is 15.3 Å². The predicted molar refractivity (Wildman–Crippen MR) is 78.4 cm³/mol. The fourth-order valence-corrected chi connectivity index (χ4v) is 2.10. The summed E-state index contributed by atoms with van der Waals surface area (Å²) >= 11 is 0. The van der Waals surface area contributed by atoms with Gasteiger partial charge in [-0.1, -0.05) is 41.5 Å². The minimum atomic E-state index is 0.383. The van der Waals surface area contributed by atoms with Gasteiger partial charge >= 0.3 is 0 Å². The van der Waals surface area contributed by atoms with Crippen molar-refractivity contribution in [3.63, 3.8) is 0 Å². The van der Waals surface area contributed by atoms with E-state index in [0.29, 0.717) is 17.4 Å². The van der Waals surface area contributed by atoms with Gasteiger partial charge in [-0.25, -0.2) is 0 Å². The van der Waals surface area contributed by atoms with Gasteiger partial charge in [-0.05, 0) is 44.3 Å². The summed E-state index contributed by atoms with van der Waals surface area (Å²) in [5, 5.41) is 3.56. The van der Waals surface area contributed by atoms with E-state index in [0.717, 1.165) is 25.6 Å². The third-order valence-electron chi connectivity index (χ3n) is 3.26. The van der Waals surface area contributed by atoms with Crippen LogP contribution in [-0.4, -0.2) is 37.6 Å². The molecule has 0 aliphatic heterocycles. The average Bonchev–Trinajstić information content (AvgIpc) is 2.13. The normalized spacial score (nSPS) is 16.6. The van der Waals surface area contributed by atoms with E-state index in [1.165, 1.54) is 0 Å². The van der Waals surface area contributed by atoms with Gasteiger partial charge in [0.2, 0.25) is 0 Å². The van der Waals surface area contributed by atoms with Gasteiger partial charge < -0.3 is 10.2 Å². The standard InChI is InChI=1S/C15H34N2/c1-12(2)9-16-10-13(3)14(4)17(8)11-15(5,6)7/h12-14,16H,9-11H2,1-8H3. The summed E-state index contributed by atoms with van der Waals surface area (Å²) < 4.78 is 0. The molecule has 0 heterocycles. The van der Waals surface area contributed by atoms with E-state index < -0.39 is 0 Å². The summed E-state index contributed by atoms with van der Waals surface area (Å²) in [6, 6.07) is 0.633. The SMILES string of the molecule is CC(C)CNCC(C)C(C)N(C)CC(C)(C)C. The fraction of sp³-hybridized carbons (Fsp3) is 1.00. The van der Waals surface area contributed by atoms with Crippen molar-refractivity contribution in [2.45, 2.75) is 54.5 Å². The Balaban J connectivity index is 3.98. The van der Waals surface area contributed by atoms with Crippen LogP contribution in [0.5, 0.6) is 0 Å². The Hall–Kier alpha value is -0.0800. The van der Waals surface area contributed by atoms with E-state index in [-0.39, 0.29) is 0 Å². The molecular weight excluding hydrogens is 208 g/mol. The first-order chi connectivity index (χ1) is 7.63. The van der Waals surface area contributed by atoms with Crippen molar-refractivity contribution in [3.8, 4) is 0 Å². The lowest BCUT2D eigenvalue weighted by molar-refractivity contribution is 0.143. The van der Waals surface area contributed by atoms with Gasteiger partial charge in [0.1, 0.15) is 0 Å². The molecule has 0 radical (unpaired) electrons. The van der Waals surface area contributed by atoms with Crippen LogP contribution in [0.3, 0.4) is 0 Å². The van der Waals surface area contributed by atoms with Crippen molar-refractivity contribution in [2.24, 2.45) is 17.3 Å². The summed E-state index contributed by atoms with van der Waals surface area (Å²) in [6.07, 6.45) is 0. The van der Waals surface area contributed by atoms with E-state index in [9.17, 15) is 0 Å². The lowest BCUT2D eigenvalue weighted by Crippen LogP contribution is -2.42. The highest BCUT2D eigenvalue weighted by molar-refractivity contribution is 4.76. The molecule has 0 rings (SSSR count). The molecule has 2 heteroatoms. The molecule has 0 aliphatic carbocycles. The van der Waals surface area contributed by atoms with E-state index in [1.54, 1.807) is 0 Å². The van der Waals surface area contributed by atoms with Crippen molar-refractivity contribution < 1.29 is 0 Å². The van der Waals surface area contributed by atoms with Crippen LogP contribution in [0.2, 0.25) is 0 Å². The molecule has 0 aromatic carbocycles. The monoisotopic (exact) mass is 242 g/mol. The molecule has 104 valence electrons. The van der Waals surface area contributed by atoms with Gasteiger partial charge in [0.25, 0.3) is 0 Å². The molecule has 17 heavy (non-hydrogen) atoms. The van der Waals surface area contributed by atoms with E-state index >= 15 is 0 Å². The van der Waals surface area contributed by atoms with Crippen molar-refractivity contribution in [2.75, 3.05) is 26.7 Å². The van der Waals surface area contributed by atoms with Gasteiger partial charge in [0.15, 0.2) is 0 Å². The van der Waals surface area contributed by atoms with Crippen LogP contribution in [0.4, 0.5) is 0 Å². The number of hydrogen-bond acceptors (Lipinski definition) is 2. The molecule has 0 aromatic heterocycles. The van der Waals surface area contributed by atoms with Crippen LogP contribution in [0.25, 0.3) is 0 Å². The number of hydrogen-bond donors (Lipinski definition) is 1. The average molecular weight is 242 g/mol. The Bertz CT molecular complexity index is 194. The number of nitrogens with zero attached hydrogens (tertiary/aromatic N) is 1. The molecule has 0 aromatic rings. The predicted octanol–water partition coefficient (Wildman–Crippen LogP) is 3.23. The minimum Gasteiger partial charge on any atom is -0.316 e. The van der Waals surface area contributed by atoms with Crippen LogP contribution in [0.1, 0.15) is 48.5 Å². The third kappa shape index (κ3) is 8.62. The van der Waals surface area contributed by atoms with Crippen LogP contribution in [-0.2, 0) is 0 Å². The molecule has 0 fully saturated rings. The highest BCUT2D eigenvalue weighted by Crippen LogP contribution is 2.18. The summed E-state index contributed by atoms with van der Waals surface area (Å²) in [6.45, 7) is 19.5. The van der Waals surface area contributed by atoms with Gasteiger partial charge in [-0.2, -0.15) is 0 Å². The first-order valence-corrected chi connectivity index (χ1v) is 7.04. The Labute approximate surface area is 109 Å². The first kappa shape index (κ1) is 16.9. The van der Waals surface area contributed by atoms with Gasteiger partial charge in [0.05, 0.1) is 0 Å². The summed E-state index contributed by atoms with van der Waals surface area (Å²) in [7, 11) is 2.24. The van der Waals surface area contributed by atoms with Crippen LogP contribution >= 0.6 is 0 Å². The number of rotatable bonds is 7. The van der Waals surface area contributed by atoms with E-state index in [1.807, 2.05) is 0 Å². The first-order valence-electron chi connectivity index (χ1n) is 7.04. The highest BCUT2D eigenvalue weighted by Gasteiger charge is 2.21. The molecule has 0 saturated heterocycles. The molecule has 2 nitrogen and oxygen atoms in total. The Morgan fingerprint density at radius 1 is 1.00 bits per heavy atom. The van der Waals surface area contributed by atoms with Crippen molar-refractivity contribution in [3.05, 3.63) is 0 Å². The zero-order valence-corrected chi connectivity index (χ0v) is 13.3. The maximum Gasteiger partial charge on any atom is 0.0102 e. The largest absolute Gasteiger partial charge is 0.316 e. The van der Waals surface area contributed by atoms with Crippen molar-refractivity contribution in [1.82, 2.24) is 10.2 Å². The Kier molecular flexibility index (Phi) is 7.34. The van der Waals surface area contributed by atoms with E-state index in [4.69, 9.17) is 0 Å². The second kappa shape index (κ2) is 7.38.